The molecule has 0 saturated carbocycles. The van der Waals surface area contributed by atoms with E-state index < -0.39 is 0 Å². The van der Waals surface area contributed by atoms with Crippen molar-refractivity contribution < 1.29 is 9.13 Å². The number of ether oxygens (including phenoxy) is 1. The van der Waals surface area contributed by atoms with Gasteiger partial charge < -0.3 is 4.74 Å². The highest BCUT2D eigenvalue weighted by Crippen LogP contribution is 2.23. The molecule has 0 fully saturated rings. The van der Waals surface area contributed by atoms with Crippen LogP contribution < -0.4 is 4.74 Å². The smallest absolute Gasteiger partial charge is 0.124 e. The fraction of sp³-hybridized carbons (Fsp3) is 0.133. The minimum atomic E-state index is -0.292. The molecular formula is C15H11BrFNO. The number of benzene rings is 2. The fourth-order valence-corrected chi connectivity index (χ4v) is 2.14. The zero-order valence-electron chi connectivity index (χ0n) is 10.1. The molecule has 0 radical (unpaired) electrons. The highest BCUT2D eigenvalue weighted by atomic mass is 79.9. The first-order chi connectivity index (χ1) is 9.24. The van der Waals surface area contributed by atoms with E-state index in [2.05, 4.69) is 22.0 Å². The molecule has 0 aliphatic carbocycles. The van der Waals surface area contributed by atoms with Gasteiger partial charge in [-0.3, -0.25) is 0 Å². The van der Waals surface area contributed by atoms with Crippen LogP contribution in [0.3, 0.4) is 0 Å². The molecule has 0 aromatic heterocycles. The maximum atomic E-state index is 13.1. The lowest BCUT2D eigenvalue weighted by Gasteiger charge is -2.11. The lowest BCUT2D eigenvalue weighted by molar-refractivity contribution is 0.303. The third kappa shape index (κ3) is 3.33. The van der Waals surface area contributed by atoms with E-state index in [9.17, 15) is 4.39 Å². The summed E-state index contributed by atoms with van der Waals surface area (Å²) >= 11 is 3.30. The van der Waals surface area contributed by atoms with Gasteiger partial charge in [0.25, 0.3) is 0 Å². The SMILES string of the molecule is N#Cc1ccccc1COc1ccc(F)cc1CBr. The summed E-state index contributed by atoms with van der Waals surface area (Å²) in [7, 11) is 0. The van der Waals surface area contributed by atoms with E-state index in [1.807, 2.05) is 18.2 Å². The molecule has 2 nitrogen and oxygen atoms in total. The van der Waals surface area contributed by atoms with Crippen molar-refractivity contribution in [3.8, 4) is 11.8 Å². The van der Waals surface area contributed by atoms with Gasteiger partial charge in [-0.25, -0.2) is 4.39 Å². The van der Waals surface area contributed by atoms with Crippen LogP contribution in [0.5, 0.6) is 5.75 Å². The van der Waals surface area contributed by atoms with Crippen LogP contribution in [-0.4, -0.2) is 0 Å². The number of halogens is 2. The van der Waals surface area contributed by atoms with Crippen LogP contribution in [0.15, 0.2) is 42.5 Å². The number of hydrogen-bond acceptors (Lipinski definition) is 2. The van der Waals surface area contributed by atoms with Gasteiger partial charge in [-0.1, -0.05) is 34.1 Å². The average Bonchev–Trinajstić information content (AvgIpc) is 2.46. The first-order valence-corrected chi connectivity index (χ1v) is 6.82. The molecule has 0 heterocycles. The number of alkyl halides is 1. The normalized spacial score (nSPS) is 9.95. The quantitative estimate of drug-likeness (QED) is 0.792. The Hall–Kier alpha value is -1.86. The Morgan fingerprint density at radius 2 is 1.95 bits per heavy atom. The van der Waals surface area contributed by atoms with E-state index in [0.717, 1.165) is 11.1 Å². The largest absolute Gasteiger partial charge is 0.489 e. The molecule has 0 aliphatic rings. The molecule has 0 N–H and O–H groups in total. The number of nitrogens with zero attached hydrogens (tertiary/aromatic N) is 1. The van der Waals surface area contributed by atoms with Crippen molar-refractivity contribution in [2.75, 3.05) is 0 Å². The summed E-state index contributed by atoms with van der Waals surface area (Å²) in [6.45, 7) is 0.287. The van der Waals surface area contributed by atoms with E-state index in [1.54, 1.807) is 12.1 Å². The first kappa shape index (κ1) is 13.6. The van der Waals surface area contributed by atoms with Gasteiger partial charge in [0, 0.05) is 16.5 Å². The van der Waals surface area contributed by atoms with E-state index in [0.29, 0.717) is 16.6 Å². The Bertz CT molecular complexity index is 622. The highest BCUT2D eigenvalue weighted by Gasteiger charge is 2.06. The standard InChI is InChI=1S/C15H11BrFNO/c16-8-13-7-14(17)5-6-15(13)19-10-12-4-2-1-3-11(12)9-18/h1-7H,8,10H2. The lowest BCUT2D eigenvalue weighted by Crippen LogP contribution is -2.00. The number of rotatable bonds is 4. The van der Waals surface area contributed by atoms with Crippen molar-refractivity contribution in [1.82, 2.24) is 0 Å². The van der Waals surface area contributed by atoms with Gasteiger partial charge in [0.05, 0.1) is 11.6 Å². The Morgan fingerprint density at radius 1 is 1.16 bits per heavy atom. The molecule has 0 aliphatic heterocycles. The zero-order valence-corrected chi connectivity index (χ0v) is 11.7. The average molecular weight is 320 g/mol. The maximum Gasteiger partial charge on any atom is 0.124 e. The molecule has 0 saturated heterocycles. The number of nitriles is 1. The summed E-state index contributed by atoms with van der Waals surface area (Å²) in [6, 6.07) is 13.8. The van der Waals surface area contributed by atoms with Crippen LogP contribution in [0.1, 0.15) is 16.7 Å². The third-order valence-electron chi connectivity index (χ3n) is 2.69. The molecule has 2 rings (SSSR count). The summed E-state index contributed by atoms with van der Waals surface area (Å²) < 4.78 is 18.8. The van der Waals surface area contributed by atoms with Gasteiger partial charge >= 0.3 is 0 Å². The van der Waals surface area contributed by atoms with Crippen LogP contribution in [0, 0.1) is 17.1 Å². The Morgan fingerprint density at radius 3 is 2.68 bits per heavy atom. The second kappa shape index (κ2) is 6.35. The highest BCUT2D eigenvalue weighted by molar-refractivity contribution is 9.08. The molecule has 2 aromatic rings. The van der Waals surface area contributed by atoms with Crippen molar-refractivity contribution >= 4 is 15.9 Å². The summed E-state index contributed by atoms with van der Waals surface area (Å²) in [5, 5.41) is 9.50. The number of hydrogen-bond donors (Lipinski definition) is 0. The molecule has 0 spiro atoms. The van der Waals surface area contributed by atoms with E-state index in [4.69, 9.17) is 10.00 Å². The molecule has 0 unspecified atom stereocenters. The van der Waals surface area contributed by atoms with Gasteiger partial charge in [-0.15, -0.1) is 0 Å². The Labute approximate surface area is 119 Å². The van der Waals surface area contributed by atoms with Gasteiger partial charge in [0.1, 0.15) is 18.2 Å². The summed E-state index contributed by atoms with van der Waals surface area (Å²) in [6.07, 6.45) is 0. The van der Waals surface area contributed by atoms with Crippen molar-refractivity contribution in [1.29, 1.82) is 5.26 Å². The van der Waals surface area contributed by atoms with Crippen molar-refractivity contribution in [2.24, 2.45) is 0 Å². The third-order valence-corrected chi connectivity index (χ3v) is 3.29. The summed E-state index contributed by atoms with van der Waals surface area (Å²) in [4.78, 5) is 0. The fourth-order valence-electron chi connectivity index (χ4n) is 1.70. The molecule has 4 heteroatoms. The van der Waals surface area contributed by atoms with Gasteiger partial charge in [0.2, 0.25) is 0 Å². The predicted octanol–water partition coefficient (Wildman–Crippen LogP) is 4.17. The van der Waals surface area contributed by atoms with Gasteiger partial charge in [-0.05, 0) is 24.3 Å². The summed E-state index contributed by atoms with van der Waals surface area (Å²) in [5.74, 6) is 0.324. The lowest BCUT2D eigenvalue weighted by atomic mass is 10.1. The topological polar surface area (TPSA) is 33.0 Å². The first-order valence-electron chi connectivity index (χ1n) is 5.70. The minimum absolute atomic E-state index is 0.287. The molecule has 0 bridgehead atoms. The van der Waals surface area contributed by atoms with E-state index in [-0.39, 0.29) is 12.4 Å². The van der Waals surface area contributed by atoms with Crippen LogP contribution in [0.4, 0.5) is 4.39 Å². The monoisotopic (exact) mass is 319 g/mol. The molecular weight excluding hydrogens is 309 g/mol. The molecule has 0 atom stereocenters. The molecule has 19 heavy (non-hydrogen) atoms. The van der Waals surface area contributed by atoms with Crippen LogP contribution in [-0.2, 0) is 11.9 Å². The second-order valence-corrected chi connectivity index (χ2v) is 4.50. The van der Waals surface area contributed by atoms with E-state index in [1.165, 1.54) is 12.1 Å². The predicted molar refractivity (Wildman–Crippen MR) is 74.5 cm³/mol. The zero-order chi connectivity index (χ0) is 13.7. The maximum absolute atomic E-state index is 13.1. The van der Waals surface area contributed by atoms with Crippen molar-refractivity contribution in [3.05, 3.63) is 65.0 Å². The Balaban J connectivity index is 2.17. The van der Waals surface area contributed by atoms with Crippen molar-refractivity contribution in [2.45, 2.75) is 11.9 Å². The Kier molecular flexibility index (Phi) is 4.53. The van der Waals surface area contributed by atoms with Gasteiger partial charge in [0.15, 0.2) is 0 Å². The molecule has 96 valence electrons. The van der Waals surface area contributed by atoms with Crippen LogP contribution in [0.25, 0.3) is 0 Å². The molecule has 2 aromatic carbocycles. The van der Waals surface area contributed by atoms with Gasteiger partial charge in [-0.2, -0.15) is 5.26 Å². The van der Waals surface area contributed by atoms with E-state index >= 15 is 0 Å². The van der Waals surface area contributed by atoms with Crippen LogP contribution in [0.2, 0.25) is 0 Å². The minimum Gasteiger partial charge on any atom is -0.489 e. The van der Waals surface area contributed by atoms with Crippen LogP contribution >= 0.6 is 15.9 Å². The van der Waals surface area contributed by atoms with Crippen molar-refractivity contribution in [3.63, 3.8) is 0 Å². The second-order valence-electron chi connectivity index (χ2n) is 3.94. The summed E-state index contributed by atoms with van der Waals surface area (Å²) in [5.41, 5.74) is 2.15. The molecule has 0 amide bonds.